The monoisotopic (exact) mass is 511 g/mol. The molecule has 0 amide bonds. The molecular formula is C25H26BrN3O4. The van der Waals surface area contributed by atoms with Gasteiger partial charge in [0.1, 0.15) is 6.10 Å². The molecule has 5 rings (SSSR count). The minimum Gasteiger partial charge on any atom is -0.459 e. The lowest BCUT2D eigenvalue weighted by molar-refractivity contribution is -0.0601. The van der Waals surface area contributed by atoms with Crippen LogP contribution >= 0.6 is 15.9 Å². The minimum absolute atomic E-state index is 0.101. The number of carbonyl (C=O) groups excluding carboxylic acids is 1. The standard InChI is InChI=1S/C25H26BrN3O4/c26-18-13-22-23(27-15-18)29(19-9-5-2-6-10-19)25(31)28(22)16-21-14-20(11-12-32-21)33-24(30)17-7-3-1-4-8-17/h1,3-4,7-9,13,15,20-21H,2,5-6,10-12,14,16H2/t20-,21+/m0/s1. The fourth-order valence-corrected chi connectivity index (χ4v) is 4.96. The highest BCUT2D eigenvalue weighted by Crippen LogP contribution is 2.26. The van der Waals surface area contributed by atoms with Gasteiger partial charge in [0.05, 0.1) is 30.3 Å². The second kappa shape index (κ2) is 9.65. The van der Waals surface area contributed by atoms with Crippen molar-refractivity contribution < 1.29 is 14.3 Å². The van der Waals surface area contributed by atoms with E-state index in [9.17, 15) is 9.59 Å². The molecule has 2 atom stereocenters. The van der Waals surface area contributed by atoms with Crippen LogP contribution in [0.3, 0.4) is 0 Å². The zero-order valence-electron chi connectivity index (χ0n) is 18.3. The predicted molar refractivity (Wildman–Crippen MR) is 129 cm³/mol. The summed E-state index contributed by atoms with van der Waals surface area (Å²) in [5.41, 5.74) is 2.89. The van der Waals surface area contributed by atoms with Gasteiger partial charge in [-0.2, -0.15) is 0 Å². The largest absolute Gasteiger partial charge is 0.459 e. The molecule has 8 heteroatoms. The molecule has 1 fully saturated rings. The maximum Gasteiger partial charge on any atom is 0.338 e. The molecule has 0 bridgehead atoms. The van der Waals surface area contributed by atoms with Crippen molar-refractivity contribution in [3.8, 4) is 0 Å². The maximum absolute atomic E-state index is 13.5. The summed E-state index contributed by atoms with van der Waals surface area (Å²) >= 11 is 3.49. The molecule has 1 aromatic carbocycles. The van der Waals surface area contributed by atoms with Gasteiger partial charge in [-0.05, 0) is 59.8 Å². The number of rotatable bonds is 5. The molecule has 2 aliphatic rings. The van der Waals surface area contributed by atoms with Gasteiger partial charge in [0.2, 0.25) is 0 Å². The number of nitrogens with zero attached hydrogens (tertiary/aromatic N) is 3. The molecule has 0 spiro atoms. The summed E-state index contributed by atoms with van der Waals surface area (Å²) in [6.45, 7) is 0.866. The predicted octanol–water partition coefficient (Wildman–Crippen LogP) is 4.78. The Morgan fingerprint density at radius 3 is 2.88 bits per heavy atom. The van der Waals surface area contributed by atoms with Gasteiger partial charge in [-0.25, -0.2) is 19.1 Å². The molecule has 0 saturated carbocycles. The maximum atomic E-state index is 13.5. The number of imidazole rings is 1. The molecule has 2 aromatic heterocycles. The second-order valence-corrected chi connectivity index (χ2v) is 9.49. The van der Waals surface area contributed by atoms with E-state index in [-0.39, 0.29) is 23.9 Å². The summed E-state index contributed by atoms with van der Waals surface area (Å²) in [4.78, 5) is 30.5. The van der Waals surface area contributed by atoms with E-state index in [1.54, 1.807) is 27.5 Å². The van der Waals surface area contributed by atoms with Gasteiger partial charge in [-0.1, -0.05) is 24.3 Å². The van der Waals surface area contributed by atoms with Gasteiger partial charge < -0.3 is 9.47 Å². The number of carbonyl (C=O) groups is 1. The molecule has 0 radical (unpaired) electrons. The number of halogens is 1. The van der Waals surface area contributed by atoms with E-state index in [0.29, 0.717) is 37.2 Å². The zero-order chi connectivity index (χ0) is 22.8. The van der Waals surface area contributed by atoms with Crippen LogP contribution in [-0.2, 0) is 16.0 Å². The van der Waals surface area contributed by atoms with Gasteiger partial charge in [-0.3, -0.25) is 4.57 Å². The molecular weight excluding hydrogens is 486 g/mol. The lowest BCUT2D eigenvalue weighted by atomic mass is 10.0. The molecule has 1 aliphatic carbocycles. The molecule has 1 aliphatic heterocycles. The SMILES string of the molecule is O=C(O[C@H]1CCO[C@@H](Cn2c(=O)n(C3=CCCCC3)c3ncc(Br)cc32)C1)c1ccccc1. The summed E-state index contributed by atoms with van der Waals surface area (Å²) in [7, 11) is 0. The average molecular weight is 512 g/mol. The van der Waals surface area contributed by atoms with Crippen LogP contribution < -0.4 is 5.69 Å². The van der Waals surface area contributed by atoms with Crippen LogP contribution in [-0.4, -0.2) is 38.9 Å². The fraction of sp³-hybridized carbons (Fsp3) is 0.400. The van der Waals surface area contributed by atoms with Crippen LogP contribution in [0.4, 0.5) is 0 Å². The van der Waals surface area contributed by atoms with Crippen LogP contribution in [0.1, 0.15) is 48.9 Å². The Morgan fingerprint density at radius 1 is 1.24 bits per heavy atom. The van der Waals surface area contributed by atoms with Crippen molar-refractivity contribution in [1.82, 2.24) is 14.1 Å². The van der Waals surface area contributed by atoms with E-state index in [2.05, 4.69) is 27.0 Å². The van der Waals surface area contributed by atoms with E-state index >= 15 is 0 Å². The average Bonchev–Trinajstić information content (AvgIpc) is 3.11. The van der Waals surface area contributed by atoms with E-state index in [4.69, 9.17) is 9.47 Å². The number of aromatic nitrogens is 3. The highest BCUT2D eigenvalue weighted by atomic mass is 79.9. The van der Waals surface area contributed by atoms with Crippen molar-refractivity contribution in [3.05, 3.63) is 69.2 Å². The third-order valence-corrected chi connectivity index (χ3v) is 6.72. The smallest absolute Gasteiger partial charge is 0.338 e. The molecule has 0 unspecified atom stereocenters. The zero-order valence-corrected chi connectivity index (χ0v) is 19.9. The number of hydrogen-bond acceptors (Lipinski definition) is 5. The quantitative estimate of drug-likeness (QED) is 0.460. The van der Waals surface area contributed by atoms with Crippen LogP contribution in [0.15, 0.2) is 57.9 Å². The van der Waals surface area contributed by atoms with Crippen molar-refractivity contribution in [2.75, 3.05) is 6.61 Å². The van der Waals surface area contributed by atoms with Gasteiger partial charge in [-0.15, -0.1) is 0 Å². The van der Waals surface area contributed by atoms with Crippen LogP contribution in [0, 0.1) is 0 Å². The third kappa shape index (κ3) is 4.68. The lowest BCUT2D eigenvalue weighted by Crippen LogP contribution is -2.37. The molecule has 0 N–H and O–H groups in total. The van der Waals surface area contributed by atoms with Crippen molar-refractivity contribution in [2.24, 2.45) is 0 Å². The van der Waals surface area contributed by atoms with Crippen molar-refractivity contribution >= 4 is 38.8 Å². The molecule has 3 aromatic rings. The number of ether oxygens (including phenoxy) is 2. The van der Waals surface area contributed by atoms with E-state index in [1.165, 1.54) is 0 Å². The highest BCUT2D eigenvalue weighted by molar-refractivity contribution is 9.10. The van der Waals surface area contributed by atoms with Gasteiger partial charge >= 0.3 is 11.7 Å². The molecule has 1 saturated heterocycles. The van der Waals surface area contributed by atoms with Gasteiger partial charge in [0.25, 0.3) is 0 Å². The Bertz CT molecular complexity index is 1250. The number of allylic oxidation sites excluding steroid dienone is 2. The summed E-state index contributed by atoms with van der Waals surface area (Å²) in [5.74, 6) is -0.326. The van der Waals surface area contributed by atoms with Crippen LogP contribution in [0.2, 0.25) is 0 Å². The van der Waals surface area contributed by atoms with Crippen molar-refractivity contribution in [1.29, 1.82) is 0 Å². The van der Waals surface area contributed by atoms with E-state index in [1.807, 2.05) is 24.3 Å². The number of esters is 1. The van der Waals surface area contributed by atoms with Crippen molar-refractivity contribution in [3.63, 3.8) is 0 Å². The summed E-state index contributed by atoms with van der Waals surface area (Å²) in [5, 5.41) is 0. The Hall–Kier alpha value is -2.71. The number of benzene rings is 1. The second-order valence-electron chi connectivity index (χ2n) is 8.58. The lowest BCUT2D eigenvalue weighted by Gasteiger charge is -2.29. The van der Waals surface area contributed by atoms with Crippen LogP contribution in [0.5, 0.6) is 0 Å². The Balaban J connectivity index is 1.39. The van der Waals surface area contributed by atoms with Crippen LogP contribution in [0.25, 0.3) is 16.9 Å². The normalized spacial score (nSPS) is 21.1. The Morgan fingerprint density at radius 2 is 2.09 bits per heavy atom. The number of hydrogen-bond donors (Lipinski definition) is 0. The third-order valence-electron chi connectivity index (χ3n) is 6.28. The number of fused-ring (bicyclic) bond motifs is 1. The highest BCUT2D eigenvalue weighted by Gasteiger charge is 2.28. The first-order valence-electron chi connectivity index (χ1n) is 11.4. The minimum atomic E-state index is -0.326. The van der Waals surface area contributed by atoms with Gasteiger partial charge in [0, 0.05) is 29.2 Å². The topological polar surface area (TPSA) is 75.3 Å². The summed E-state index contributed by atoms with van der Waals surface area (Å²) < 4.78 is 16.0. The molecule has 3 heterocycles. The Labute approximate surface area is 200 Å². The first kappa shape index (κ1) is 22.1. The van der Waals surface area contributed by atoms with E-state index in [0.717, 1.165) is 41.4 Å². The van der Waals surface area contributed by atoms with Gasteiger partial charge in [0.15, 0.2) is 5.65 Å². The summed E-state index contributed by atoms with van der Waals surface area (Å²) in [6, 6.07) is 10.9. The first-order valence-corrected chi connectivity index (χ1v) is 12.2. The molecule has 172 valence electrons. The fourth-order valence-electron chi connectivity index (χ4n) is 4.64. The Kier molecular flexibility index (Phi) is 6.46. The number of pyridine rings is 1. The van der Waals surface area contributed by atoms with Crippen molar-refractivity contribution in [2.45, 2.75) is 57.3 Å². The summed E-state index contributed by atoms with van der Waals surface area (Å²) in [6.07, 6.45) is 8.65. The van der Waals surface area contributed by atoms with E-state index < -0.39 is 0 Å². The molecule has 7 nitrogen and oxygen atoms in total. The molecule has 33 heavy (non-hydrogen) atoms. The first-order chi connectivity index (χ1) is 16.1.